The van der Waals surface area contributed by atoms with Gasteiger partial charge in [-0.25, -0.2) is 13.1 Å². The van der Waals surface area contributed by atoms with E-state index in [1.54, 1.807) is 0 Å². The number of alkyl halides is 3. The minimum absolute atomic E-state index is 0.00978. The van der Waals surface area contributed by atoms with Crippen LogP contribution in [0.1, 0.15) is 24.0 Å². The summed E-state index contributed by atoms with van der Waals surface area (Å²) in [7, 11) is -3.81. The highest BCUT2D eigenvalue weighted by molar-refractivity contribution is 7.88. The molecule has 9 heteroatoms. The number of carbonyl (C=O) groups is 1. The molecule has 0 atom stereocenters. The topological polar surface area (TPSA) is 83.5 Å². The first kappa shape index (κ1) is 17.4. The third kappa shape index (κ3) is 6.58. The first-order chi connectivity index (χ1) is 9.60. The van der Waals surface area contributed by atoms with Crippen LogP contribution < -0.4 is 4.72 Å². The lowest BCUT2D eigenvalue weighted by Gasteiger charge is -2.09. The molecule has 0 aliphatic carbocycles. The molecule has 0 saturated heterocycles. The molecule has 0 heterocycles. The lowest BCUT2D eigenvalue weighted by molar-refractivity contribution is -0.138. The largest absolute Gasteiger partial charge is 0.481 e. The van der Waals surface area contributed by atoms with E-state index in [1.165, 1.54) is 6.07 Å². The Hall–Kier alpha value is -1.61. The Labute approximate surface area is 119 Å². The monoisotopic (exact) mass is 325 g/mol. The van der Waals surface area contributed by atoms with Gasteiger partial charge in [0, 0.05) is 13.0 Å². The van der Waals surface area contributed by atoms with Crippen molar-refractivity contribution < 1.29 is 31.5 Å². The van der Waals surface area contributed by atoms with Gasteiger partial charge in [0.2, 0.25) is 10.0 Å². The summed E-state index contributed by atoms with van der Waals surface area (Å²) < 4.78 is 63.0. The standard InChI is InChI=1S/C12H14F3NO4S/c13-12(14,15)10-4-1-3-9(7-10)8-21(19,20)16-6-2-5-11(17)18/h1,3-4,7,16H,2,5-6,8H2,(H,17,18). The molecule has 0 aliphatic rings. The summed E-state index contributed by atoms with van der Waals surface area (Å²) in [5, 5.41) is 8.40. The van der Waals surface area contributed by atoms with Crippen LogP contribution in [0.2, 0.25) is 0 Å². The van der Waals surface area contributed by atoms with Gasteiger partial charge < -0.3 is 5.11 Å². The molecule has 0 bridgehead atoms. The van der Waals surface area contributed by atoms with Gasteiger partial charge in [0.15, 0.2) is 0 Å². The molecule has 0 saturated carbocycles. The van der Waals surface area contributed by atoms with Gasteiger partial charge in [-0.1, -0.05) is 18.2 Å². The van der Waals surface area contributed by atoms with Crippen LogP contribution in [0.5, 0.6) is 0 Å². The smallest absolute Gasteiger partial charge is 0.416 e. The molecule has 0 amide bonds. The van der Waals surface area contributed by atoms with Crippen LogP contribution in [0.4, 0.5) is 13.2 Å². The number of halogens is 3. The Morgan fingerprint density at radius 2 is 1.95 bits per heavy atom. The maximum absolute atomic E-state index is 12.5. The molecule has 0 spiro atoms. The first-order valence-electron chi connectivity index (χ1n) is 5.95. The fourth-order valence-corrected chi connectivity index (χ4v) is 2.75. The summed E-state index contributed by atoms with van der Waals surface area (Å²) in [6.07, 6.45) is -4.61. The molecule has 0 aliphatic heterocycles. The second kappa shape index (κ2) is 6.90. The van der Waals surface area contributed by atoms with E-state index in [0.29, 0.717) is 0 Å². The number of benzene rings is 1. The summed E-state index contributed by atoms with van der Waals surface area (Å²) in [4.78, 5) is 10.3. The van der Waals surface area contributed by atoms with Gasteiger partial charge in [0.25, 0.3) is 0 Å². The van der Waals surface area contributed by atoms with E-state index in [4.69, 9.17) is 5.11 Å². The van der Waals surface area contributed by atoms with Gasteiger partial charge in [-0.15, -0.1) is 0 Å². The van der Waals surface area contributed by atoms with Crippen LogP contribution in [-0.4, -0.2) is 26.0 Å². The summed E-state index contributed by atoms with van der Waals surface area (Å²) >= 11 is 0. The molecular weight excluding hydrogens is 311 g/mol. The van der Waals surface area contributed by atoms with Gasteiger partial charge in [-0.2, -0.15) is 13.2 Å². The molecule has 0 unspecified atom stereocenters. The predicted molar refractivity (Wildman–Crippen MR) is 68.9 cm³/mol. The van der Waals surface area contributed by atoms with Crippen molar-refractivity contribution in [2.45, 2.75) is 24.8 Å². The highest BCUT2D eigenvalue weighted by Crippen LogP contribution is 2.29. The number of rotatable bonds is 7. The maximum atomic E-state index is 12.5. The van der Waals surface area contributed by atoms with Crippen molar-refractivity contribution in [1.82, 2.24) is 4.72 Å². The van der Waals surface area contributed by atoms with E-state index >= 15 is 0 Å². The van der Waals surface area contributed by atoms with E-state index < -0.39 is 33.5 Å². The Kier molecular flexibility index (Phi) is 5.73. The number of nitrogens with one attached hydrogen (secondary N) is 1. The van der Waals surface area contributed by atoms with Crippen LogP contribution in [0.15, 0.2) is 24.3 Å². The third-order valence-electron chi connectivity index (χ3n) is 2.50. The summed E-state index contributed by atoms with van der Waals surface area (Å²) in [6, 6.07) is 4.05. The summed E-state index contributed by atoms with van der Waals surface area (Å²) in [6.45, 7) is -0.0758. The highest BCUT2D eigenvalue weighted by atomic mass is 32.2. The van der Waals surface area contributed by atoms with E-state index in [-0.39, 0.29) is 24.9 Å². The zero-order valence-electron chi connectivity index (χ0n) is 10.9. The van der Waals surface area contributed by atoms with Crippen molar-refractivity contribution in [2.24, 2.45) is 0 Å². The number of carboxylic acids is 1. The summed E-state index contributed by atoms with van der Waals surface area (Å²) in [5.74, 6) is -1.64. The second-order valence-corrected chi connectivity index (χ2v) is 6.16. The van der Waals surface area contributed by atoms with Gasteiger partial charge in [-0.05, 0) is 18.1 Å². The van der Waals surface area contributed by atoms with Crippen molar-refractivity contribution in [3.63, 3.8) is 0 Å². The molecule has 1 aromatic rings. The van der Waals surface area contributed by atoms with Crippen LogP contribution in [-0.2, 0) is 26.7 Å². The predicted octanol–water partition coefficient (Wildman–Crippen LogP) is 1.99. The van der Waals surface area contributed by atoms with Gasteiger partial charge in [0.05, 0.1) is 11.3 Å². The van der Waals surface area contributed by atoms with E-state index in [0.717, 1.165) is 18.2 Å². The number of sulfonamides is 1. The molecule has 0 aromatic heterocycles. The van der Waals surface area contributed by atoms with Crippen molar-refractivity contribution in [3.05, 3.63) is 35.4 Å². The zero-order chi connectivity index (χ0) is 16.1. The van der Waals surface area contributed by atoms with E-state index in [9.17, 15) is 26.4 Å². The lowest BCUT2D eigenvalue weighted by Crippen LogP contribution is -2.26. The first-order valence-corrected chi connectivity index (χ1v) is 7.61. The Morgan fingerprint density at radius 3 is 2.52 bits per heavy atom. The highest BCUT2D eigenvalue weighted by Gasteiger charge is 2.30. The molecule has 5 nitrogen and oxygen atoms in total. The molecule has 0 radical (unpaired) electrons. The minimum atomic E-state index is -4.53. The van der Waals surface area contributed by atoms with E-state index in [2.05, 4.69) is 4.72 Å². The van der Waals surface area contributed by atoms with Gasteiger partial charge in [0.1, 0.15) is 0 Å². The average molecular weight is 325 g/mol. The van der Waals surface area contributed by atoms with Crippen LogP contribution in [0.25, 0.3) is 0 Å². The van der Waals surface area contributed by atoms with Crippen molar-refractivity contribution >= 4 is 16.0 Å². The number of aliphatic carboxylic acids is 1. The second-order valence-electron chi connectivity index (χ2n) is 4.35. The van der Waals surface area contributed by atoms with Crippen LogP contribution >= 0.6 is 0 Å². The Balaban J connectivity index is 2.65. The van der Waals surface area contributed by atoms with Crippen molar-refractivity contribution in [3.8, 4) is 0 Å². The Morgan fingerprint density at radius 1 is 1.29 bits per heavy atom. The number of hydrogen-bond acceptors (Lipinski definition) is 3. The molecule has 21 heavy (non-hydrogen) atoms. The van der Waals surface area contributed by atoms with Gasteiger partial charge in [-0.3, -0.25) is 4.79 Å². The fraction of sp³-hybridized carbons (Fsp3) is 0.417. The van der Waals surface area contributed by atoms with E-state index in [1.807, 2.05) is 0 Å². The average Bonchev–Trinajstić information content (AvgIpc) is 2.33. The summed E-state index contributed by atoms with van der Waals surface area (Å²) in [5.41, 5.74) is -0.906. The fourth-order valence-electron chi connectivity index (χ4n) is 1.58. The van der Waals surface area contributed by atoms with Crippen molar-refractivity contribution in [2.75, 3.05) is 6.54 Å². The maximum Gasteiger partial charge on any atom is 0.416 e. The lowest BCUT2D eigenvalue weighted by atomic mass is 10.1. The number of carboxylic acid groups (broad SMARTS) is 1. The minimum Gasteiger partial charge on any atom is -0.481 e. The quantitative estimate of drug-likeness (QED) is 0.751. The van der Waals surface area contributed by atoms with Crippen LogP contribution in [0.3, 0.4) is 0 Å². The Bertz CT molecular complexity index is 599. The normalized spacial score (nSPS) is 12.3. The van der Waals surface area contributed by atoms with Crippen molar-refractivity contribution in [1.29, 1.82) is 0 Å². The van der Waals surface area contributed by atoms with Gasteiger partial charge >= 0.3 is 12.1 Å². The SMILES string of the molecule is O=C(O)CCCNS(=O)(=O)Cc1cccc(C(F)(F)F)c1. The molecule has 1 rings (SSSR count). The zero-order valence-corrected chi connectivity index (χ0v) is 11.7. The molecule has 2 N–H and O–H groups in total. The molecule has 0 fully saturated rings. The molecular formula is C12H14F3NO4S. The molecule has 118 valence electrons. The third-order valence-corrected chi connectivity index (χ3v) is 3.86. The number of hydrogen-bond donors (Lipinski definition) is 2. The molecule has 1 aromatic carbocycles. The van der Waals surface area contributed by atoms with Crippen LogP contribution in [0, 0.1) is 0 Å².